The smallest absolute Gasteiger partial charge is 0.456 e. The van der Waals surface area contributed by atoms with Crippen molar-refractivity contribution in [2.45, 2.75) is 6.18 Å². The van der Waals surface area contributed by atoms with Crippen molar-refractivity contribution < 1.29 is 32.4 Å². The van der Waals surface area contributed by atoms with Crippen molar-refractivity contribution in [1.29, 1.82) is 0 Å². The van der Waals surface area contributed by atoms with Gasteiger partial charge < -0.3 is 9.47 Å². The van der Waals surface area contributed by atoms with Crippen LogP contribution in [0.2, 0.25) is 5.02 Å². The van der Waals surface area contributed by atoms with Crippen LogP contribution in [0.5, 0.6) is 11.5 Å². The van der Waals surface area contributed by atoms with Gasteiger partial charge in [-0.1, -0.05) is 11.6 Å². The van der Waals surface area contributed by atoms with E-state index in [1.807, 2.05) is 0 Å². The first-order valence-electron chi connectivity index (χ1n) is 6.98. The molecule has 2 aromatic rings. The van der Waals surface area contributed by atoms with Crippen LogP contribution in [0.4, 0.5) is 18.9 Å². The summed E-state index contributed by atoms with van der Waals surface area (Å²) in [6, 6.07) is 5.85. The van der Waals surface area contributed by atoms with Gasteiger partial charge in [0.2, 0.25) is 0 Å². The molecule has 0 spiro atoms. The van der Waals surface area contributed by atoms with Crippen molar-refractivity contribution in [3.63, 3.8) is 0 Å². The van der Waals surface area contributed by atoms with Gasteiger partial charge in [0.25, 0.3) is 5.69 Å². The Morgan fingerprint density at radius 1 is 1.22 bits per heavy atom. The van der Waals surface area contributed by atoms with Crippen molar-refractivity contribution in [3.8, 4) is 11.5 Å². The number of carbonyl (C=O) groups is 1. The topological polar surface area (TPSA) is 78.7 Å². The monoisotopic (exact) mass is 413 g/mol. The van der Waals surface area contributed by atoms with Gasteiger partial charge in [-0.2, -0.15) is 13.2 Å². The van der Waals surface area contributed by atoms with Gasteiger partial charge in [0, 0.05) is 13.2 Å². The van der Waals surface area contributed by atoms with Crippen LogP contribution in [0.1, 0.15) is 15.9 Å². The van der Waals surface area contributed by atoms with Crippen molar-refractivity contribution >= 4 is 46.1 Å². The normalized spacial score (nSPS) is 10.9. The molecule has 11 heteroatoms. The summed E-state index contributed by atoms with van der Waals surface area (Å²) in [5, 5.41) is 10.7. The zero-order valence-electron chi connectivity index (χ0n) is 13.9. The van der Waals surface area contributed by atoms with E-state index in [1.54, 1.807) is 0 Å². The second-order valence-electron chi connectivity index (χ2n) is 5.04. The fourth-order valence-corrected chi connectivity index (χ4v) is 2.28. The van der Waals surface area contributed by atoms with Crippen LogP contribution in [-0.2, 0) is 10.9 Å². The number of hydrogen-bond acceptors (Lipinski definition) is 5. The van der Waals surface area contributed by atoms with E-state index in [9.17, 15) is 28.1 Å². The van der Waals surface area contributed by atoms with Gasteiger partial charge in [0.1, 0.15) is 23.7 Å². The third kappa shape index (κ3) is 5.80. The Kier molecular flexibility index (Phi) is 8.02. The maximum absolute atomic E-state index is 12.6. The van der Waals surface area contributed by atoms with E-state index in [0.717, 1.165) is 24.3 Å². The second-order valence-corrected chi connectivity index (χ2v) is 5.44. The molecule has 0 unspecified atom stereocenters. The molecule has 6 nitrogen and oxygen atoms in total. The van der Waals surface area contributed by atoms with Crippen LogP contribution < -0.4 is 4.74 Å². The minimum atomic E-state index is -4.56. The number of ether oxygens (including phenoxy) is 2. The van der Waals surface area contributed by atoms with Gasteiger partial charge in [-0.15, -0.1) is 0 Å². The summed E-state index contributed by atoms with van der Waals surface area (Å²) in [7, 11) is 1.26. The van der Waals surface area contributed by atoms with E-state index in [0.29, 0.717) is 6.07 Å². The first-order chi connectivity index (χ1) is 12.1. The predicted molar refractivity (Wildman–Crippen MR) is 91.6 cm³/mol. The molecule has 0 radical (unpaired) electrons. The number of ketones is 1. The van der Waals surface area contributed by atoms with E-state index < -0.39 is 28.1 Å². The Hall–Kier alpha value is -1.88. The SMILES string of the molecule is COCC(=O)c1cc(Oc2ccc(C(F)(F)F)cc2Cl)ccc1[N+](=O)[O-].[Mg+2]. The molecular weight excluding hydrogens is 403 g/mol. The fraction of sp³-hybridized carbons (Fsp3) is 0.188. The standard InChI is InChI=1S/C16H11ClF3NO5.Mg/c1-25-8-14(22)11-7-10(3-4-13(11)21(23)24)26-15-5-2-9(6-12(15)17)16(18,19)20;/h2-7H,8H2,1H3;/q;+2. The van der Waals surface area contributed by atoms with Gasteiger partial charge in [-0.3, -0.25) is 14.9 Å². The van der Waals surface area contributed by atoms with E-state index >= 15 is 0 Å². The molecule has 27 heavy (non-hydrogen) atoms. The van der Waals surface area contributed by atoms with Gasteiger partial charge >= 0.3 is 29.2 Å². The van der Waals surface area contributed by atoms with Crippen LogP contribution in [0.25, 0.3) is 0 Å². The number of methoxy groups -OCH3 is 1. The Morgan fingerprint density at radius 3 is 2.41 bits per heavy atom. The molecule has 0 saturated heterocycles. The number of Topliss-reactive ketones (excluding diaryl/α,β-unsaturated/α-hetero) is 1. The summed E-state index contributed by atoms with van der Waals surface area (Å²) in [5.41, 5.74) is -1.65. The Morgan fingerprint density at radius 2 is 1.89 bits per heavy atom. The minimum absolute atomic E-state index is 0. The van der Waals surface area contributed by atoms with Gasteiger partial charge in [0.05, 0.1) is 15.5 Å². The molecule has 0 aromatic heterocycles. The second kappa shape index (κ2) is 9.35. The summed E-state index contributed by atoms with van der Waals surface area (Å²) in [5.74, 6) is -0.751. The molecule has 0 heterocycles. The molecular formula is C16H11ClF3MgNO5+2. The third-order valence-corrected chi connectivity index (χ3v) is 3.52. The summed E-state index contributed by atoms with van der Waals surface area (Å²) in [6.07, 6.45) is -4.56. The van der Waals surface area contributed by atoms with E-state index in [4.69, 9.17) is 16.3 Å². The maximum Gasteiger partial charge on any atom is 2.00 e. The van der Waals surface area contributed by atoms with Crippen molar-refractivity contribution in [2.24, 2.45) is 0 Å². The quantitative estimate of drug-likeness (QED) is 0.301. The molecule has 0 saturated carbocycles. The molecule has 0 aliphatic rings. The first kappa shape index (κ1) is 23.2. The Bertz CT molecular complexity index is 860. The molecule has 0 bridgehead atoms. The average Bonchev–Trinajstić information content (AvgIpc) is 2.55. The molecule has 0 amide bonds. The molecule has 0 N–H and O–H groups in total. The molecule has 0 atom stereocenters. The van der Waals surface area contributed by atoms with Gasteiger partial charge in [0.15, 0.2) is 5.78 Å². The molecule has 2 aromatic carbocycles. The number of nitrogens with zero attached hydrogens (tertiary/aromatic N) is 1. The van der Waals surface area contributed by atoms with Crippen LogP contribution in [-0.4, -0.2) is 47.5 Å². The van der Waals surface area contributed by atoms with E-state index in [-0.39, 0.29) is 51.7 Å². The molecule has 2 rings (SSSR count). The fourth-order valence-electron chi connectivity index (χ4n) is 2.06. The largest absolute Gasteiger partial charge is 2.00 e. The number of nitro benzene ring substituents is 1. The molecule has 138 valence electrons. The molecule has 0 fully saturated rings. The van der Waals surface area contributed by atoms with Crippen molar-refractivity contribution in [1.82, 2.24) is 0 Å². The van der Waals surface area contributed by atoms with Crippen molar-refractivity contribution in [2.75, 3.05) is 13.7 Å². The number of nitro groups is 1. The summed E-state index contributed by atoms with van der Waals surface area (Å²) in [6.45, 7) is -0.384. The number of hydrogen-bond donors (Lipinski definition) is 0. The van der Waals surface area contributed by atoms with Gasteiger partial charge in [-0.05, 0) is 30.3 Å². The number of benzene rings is 2. The Balaban J connectivity index is 0.00000364. The van der Waals surface area contributed by atoms with Crippen molar-refractivity contribution in [3.05, 3.63) is 62.7 Å². The minimum Gasteiger partial charge on any atom is -0.456 e. The number of alkyl halides is 3. The summed E-state index contributed by atoms with van der Waals surface area (Å²) < 4.78 is 48.0. The summed E-state index contributed by atoms with van der Waals surface area (Å²) in [4.78, 5) is 22.3. The number of rotatable bonds is 6. The zero-order valence-corrected chi connectivity index (χ0v) is 16.0. The summed E-state index contributed by atoms with van der Waals surface area (Å²) >= 11 is 5.80. The number of halogens is 4. The first-order valence-corrected chi connectivity index (χ1v) is 7.36. The van der Waals surface area contributed by atoms with Crippen LogP contribution in [0, 0.1) is 10.1 Å². The third-order valence-electron chi connectivity index (χ3n) is 3.23. The van der Waals surface area contributed by atoms with Gasteiger partial charge in [-0.25, -0.2) is 0 Å². The molecule has 0 aliphatic carbocycles. The maximum atomic E-state index is 12.6. The number of carbonyl (C=O) groups excluding carboxylic acids is 1. The predicted octanol–water partition coefficient (Wildman–Crippen LogP) is 4.51. The molecule has 0 aliphatic heterocycles. The van der Waals surface area contributed by atoms with Crippen LogP contribution >= 0.6 is 11.6 Å². The zero-order chi connectivity index (χ0) is 19.5. The van der Waals surface area contributed by atoms with E-state index in [1.165, 1.54) is 13.2 Å². The van der Waals surface area contributed by atoms with E-state index in [2.05, 4.69) is 4.74 Å². The average molecular weight is 414 g/mol. The van der Waals surface area contributed by atoms with Crippen LogP contribution in [0.15, 0.2) is 36.4 Å². The Labute approximate surface area is 172 Å². The van der Waals surface area contributed by atoms with Crippen LogP contribution in [0.3, 0.4) is 0 Å².